The van der Waals surface area contributed by atoms with Crippen molar-refractivity contribution in [3.63, 3.8) is 0 Å². The molecule has 1 aromatic carbocycles. The molecule has 1 aliphatic heterocycles. The average molecular weight is 429 g/mol. The first-order valence-corrected chi connectivity index (χ1v) is 12.2. The number of piperidine rings is 1. The van der Waals surface area contributed by atoms with Gasteiger partial charge in [-0.25, -0.2) is 8.42 Å². The summed E-state index contributed by atoms with van der Waals surface area (Å²) in [5.41, 5.74) is 0.878. The molecular weight excluding hydrogens is 400 g/mol. The zero-order valence-corrected chi connectivity index (χ0v) is 18.1. The van der Waals surface area contributed by atoms with Gasteiger partial charge < -0.3 is 9.73 Å². The third-order valence-electron chi connectivity index (χ3n) is 6.03. The number of nitrogens with one attached hydrogen (secondary N) is 1. The van der Waals surface area contributed by atoms with Gasteiger partial charge in [-0.2, -0.15) is 14.6 Å². The van der Waals surface area contributed by atoms with Crippen molar-refractivity contribution in [1.29, 1.82) is 5.26 Å². The lowest BCUT2D eigenvalue weighted by Crippen LogP contribution is -2.39. The molecule has 1 saturated carbocycles. The Hall–Kier alpha value is -2.37. The van der Waals surface area contributed by atoms with Gasteiger partial charge in [0.2, 0.25) is 27.5 Å². The SMILES string of the molecule is C[C@@H]1CCCN(S(=O)(=O)c2ccc(-c3nc(C#N)c(NC4CCCCC4)o3)cc2)C1. The molecular formula is C22H28N4O3S. The van der Waals surface area contributed by atoms with Crippen LogP contribution in [-0.4, -0.2) is 36.8 Å². The molecule has 2 fully saturated rings. The molecule has 2 aliphatic rings. The van der Waals surface area contributed by atoms with Crippen molar-refractivity contribution in [2.24, 2.45) is 5.92 Å². The zero-order valence-electron chi connectivity index (χ0n) is 17.3. The Kier molecular flexibility index (Phi) is 6.11. The van der Waals surface area contributed by atoms with Gasteiger partial charge in [-0.3, -0.25) is 0 Å². The van der Waals surface area contributed by atoms with Gasteiger partial charge in [0.15, 0.2) is 0 Å². The molecule has 160 valence electrons. The lowest BCUT2D eigenvalue weighted by molar-refractivity contribution is 0.281. The van der Waals surface area contributed by atoms with Crippen molar-refractivity contribution >= 4 is 15.9 Å². The minimum atomic E-state index is -3.50. The summed E-state index contributed by atoms with van der Waals surface area (Å²) in [6.45, 7) is 3.21. The maximum Gasteiger partial charge on any atom is 0.243 e. The van der Waals surface area contributed by atoms with Crippen LogP contribution in [0.1, 0.15) is 57.6 Å². The van der Waals surface area contributed by atoms with E-state index in [4.69, 9.17) is 4.42 Å². The van der Waals surface area contributed by atoms with Crippen LogP contribution >= 0.6 is 0 Å². The van der Waals surface area contributed by atoms with E-state index in [2.05, 4.69) is 23.3 Å². The molecule has 0 unspecified atom stereocenters. The fourth-order valence-corrected chi connectivity index (χ4v) is 5.93. The van der Waals surface area contributed by atoms with E-state index in [0.29, 0.717) is 42.4 Å². The Labute approximate surface area is 178 Å². The van der Waals surface area contributed by atoms with Gasteiger partial charge in [0.05, 0.1) is 4.90 Å². The Bertz CT molecular complexity index is 1020. The number of hydrogen-bond acceptors (Lipinski definition) is 6. The number of hydrogen-bond donors (Lipinski definition) is 1. The van der Waals surface area contributed by atoms with Gasteiger partial charge in [0.25, 0.3) is 0 Å². The number of oxazole rings is 1. The Morgan fingerprint density at radius 3 is 2.53 bits per heavy atom. The highest BCUT2D eigenvalue weighted by Gasteiger charge is 2.29. The molecule has 1 aliphatic carbocycles. The van der Waals surface area contributed by atoms with Crippen LogP contribution in [0.2, 0.25) is 0 Å². The number of nitrogens with zero attached hydrogens (tertiary/aromatic N) is 3. The number of rotatable bonds is 5. The summed E-state index contributed by atoms with van der Waals surface area (Å²) in [5, 5.41) is 12.7. The second-order valence-electron chi connectivity index (χ2n) is 8.42. The molecule has 1 N–H and O–H groups in total. The van der Waals surface area contributed by atoms with Crippen molar-refractivity contribution in [3.05, 3.63) is 30.0 Å². The molecule has 7 nitrogen and oxygen atoms in total. The van der Waals surface area contributed by atoms with Crippen LogP contribution < -0.4 is 5.32 Å². The average Bonchev–Trinajstić information content (AvgIpc) is 3.17. The summed E-state index contributed by atoms with van der Waals surface area (Å²) in [4.78, 5) is 4.58. The molecule has 30 heavy (non-hydrogen) atoms. The first kappa shape index (κ1) is 20.9. The summed E-state index contributed by atoms with van der Waals surface area (Å²) in [7, 11) is -3.50. The van der Waals surface area contributed by atoms with Crippen molar-refractivity contribution in [2.75, 3.05) is 18.4 Å². The maximum absolute atomic E-state index is 12.9. The summed E-state index contributed by atoms with van der Waals surface area (Å²) < 4.78 is 33.3. The van der Waals surface area contributed by atoms with E-state index in [1.165, 1.54) is 19.3 Å². The van der Waals surface area contributed by atoms with Crippen LogP contribution in [0, 0.1) is 17.2 Å². The Balaban J connectivity index is 1.53. The number of aromatic nitrogens is 1. The molecule has 0 spiro atoms. The third-order valence-corrected chi connectivity index (χ3v) is 7.91. The van der Waals surface area contributed by atoms with E-state index in [1.54, 1.807) is 28.6 Å². The van der Waals surface area contributed by atoms with Gasteiger partial charge in [-0.05, 0) is 55.9 Å². The highest BCUT2D eigenvalue weighted by Crippen LogP contribution is 2.30. The predicted octanol–water partition coefficient (Wildman–Crippen LogP) is 4.38. The number of benzene rings is 1. The minimum Gasteiger partial charge on any atom is -0.419 e. The molecule has 1 atom stereocenters. The van der Waals surface area contributed by atoms with E-state index in [1.807, 2.05) is 0 Å². The van der Waals surface area contributed by atoms with E-state index >= 15 is 0 Å². The van der Waals surface area contributed by atoms with Crippen molar-refractivity contribution in [2.45, 2.75) is 62.8 Å². The van der Waals surface area contributed by atoms with E-state index in [0.717, 1.165) is 25.7 Å². The first-order chi connectivity index (χ1) is 14.5. The molecule has 0 bridgehead atoms. The van der Waals surface area contributed by atoms with Crippen molar-refractivity contribution in [1.82, 2.24) is 9.29 Å². The van der Waals surface area contributed by atoms with Gasteiger partial charge in [-0.1, -0.05) is 26.2 Å². The molecule has 1 saturated heterocycles. The highest BCUT2D eigenvalue weighted by molar-refractivity contribution is 7.89. The molecule has 0 radical (unpaired) electrons. The second-order valence-corrected chi connectivity index (χ2v) is 10.4. The quantitative estimate of drug-likeness (QED) is 0.759. The fourth-order valence-electron chi connectivity index (χ4n) is 4.33. The topological polar surface area (TPSA) is 99.2 Å². The van der Waals surface area contributed by atoms with Gasteiger partial charge in [-0.15, -0.1) is 0 Å². The van der Waals surface area contributed by atoms with Crippen molar-refractivity contribution < 1.29 is 12.8 Å². The van der Waals surface area contributed by atoms with Crippen LogP contribution in [0.3, 0.4) is 0 Å². The van der Waals surface area contributed by atoms with Crippen LogP contribution in [0.5, 0.6) is 0 Å². The van der Waals surface area contributed by atoms with Crippen LogP contribution in [0.4, 0.5) is 5.88 Å². The zero-order chi connectivity index (χ0) is 21.1. The van der Waals surface area contributed by atoms with Crippen LogP contribution in [0.15, 0.2) is 33.6 Å². The highest BCUT2D eigenvalue weighted by atomic mass is 32.2. The lowest BCUT2D eigenvalue weighted by atomic mass is 9.95. The van der Waals surface area contributed by atoms with E-state index in [9.17, 15) is 13.7 Å². The summed E-state index contributed by atoms with van der Waals surface area (Å²) in [5.74, 6) is 1.10. The fraction of sp³-hybridized carbons (Fsp3) is 0.545. The van der Waals surface area contributed by atoms with Gasteiger partial charge in [0.1, 0.15) is 6.07 Å². The summed E-state index contributed by atoms with van der Waals surface area (Å²) in [6.07, 6.45) is 7.66. The Morgan fingerprint density at radius 1 is 1.13 bits per heavy atom. The van der Waals surface area contributed by atoms with E-state index in [-0.39, 0.29) is 10.6 Å². The number of sulfonamides is 1. The lowest BCUT2D eigenvalue weighted by Gasteiger charge is -2.30. The number of anilines is 1. The molecule has 0 amide bonds. The largest absolute Gasteiger partial charge is 0.419 e. The molecule has 1 aromatic heterocycles. The standard InChI is InChI=1S/C22H28N4O3S/c1-16-6-5-13-26(15-16)30(27,28)19-11-9-17(10-12-19)21-25-20(14-23)22(29-21)24-18-7-3-2-4-8-18/h9-12,16,18,24H,2-8,13,15H2,1H3/t16-/m1/s1. The molecule has 2 heterocycles. The molecule has 4 rings (SSSR count). The number of nitriles is 1. The van der Waals surface area contributed by atoms with Gasteiger partial charge >= 0.3 is 0 Å². The third kappa shape index (κ3) is 4.37. The molecule has 8 heteroatoms. The van der Waals surface area contributed by atoms with Crippen LogP contribution in [-0.2, 0) is 10.0 Å². The van der Waals surface area contributed by atoms with E-state index < -0.39 is 10.0 Å². The van der Waals surface area contributed by atoms with Gasteiger partial charge in [0, 0.05) is 24.7 Å². The first-order valence-electron chi connectivity index (χ1n) is 10.8. The normalized spacial score (nSPS) is 21.3. The molecule has 2 aromatic rings. The summed E-state index contributed by atoms with van der Waals surface area (Å²) >= 11 is 0. The maximum atomic E-state index is 12.9. The smallest absolute Gasteiger partial charge is 0.243 e. The predicted molar refractivity (Wildman–Crippen MR) is 114 cm³/mol. The minimum absolute atomic E-state index is 0.231. The summed E-state index contributed by atoms with van der Waals surface area (Å²) in [6, 6.07) is 8.95. The monoisotopic (exact) mass is 428 g/mol. The Morgan fingerprint density at radius 2 is 1.87 bits per heavy atom. The van der Waals surface area contributed by atoms with Crippen LogP contribution in [0.25, 0.3) is 11.5 Å². The van der Waals surface area contributed by atoms with Crippen molar-refractivity contribution in [3.8, 4) is 17.5 Å². The second kappa shape index (κ2) is 8.78.